The van der Waals surface area contributed by atoms with Crippen molar-refractivity contribution in [1.82, 2.24) is 0 Å². The van der Waals surface area contributed by atoms with Crippen LogP contribution in [0.3, 0.4) is 0 Å². The Labute approximate surface area is 105 Å². The SMILES string of the molecule is Cc1cccc(N(C)C2CCCCCC2)c1N. The molecule has 0 aromatic heterocycles. The molecule has 2 nitrogen and oxygen atoms in total. The van der Waals surface area contributed by atoms with E-state index in [1.165, 1.54) is 49.8 Å². The summed E-state index contributed by atoms with van der Waals surface area (Å²) < 4.78 is 0. The maximum Gasteiger partial charge on any atom is 0.0602 e. The molecule has 2 rings (SSSR count). The fourth-order valence-corrected chi connectivity index (χ4v) is 2.81. The van der Waals surface area contributed by atoms with Crippen LogP contribution in [0, 0.1) is 6.92 Å². The first-order valence-corrected chi connectivity index (χ1v) is 6.78. The Bertz CT molecular complexity index is 365. The van der Waals surface area contributed by atoms with Gasteiger partial charge in [-0.25, -0.2) is 0 Å². The highest BCUT2D eigenvalue weighted by Crippen LogP contribution is 2.30. The van der Waals surface area contributed by atoms with Gasteiger partial charge in [-0.3, -0.25) is 0 Å². The third-order valence-corrected chi connectivity index (χ3v) is 4.05. The summed E-state index contributed by atoms with van der Waals surface area (Å²) in [6.45, 7) is 2.08. The summed E-state index contributed by atoms with van der Waals surface area (Å²) in [5.74, 6) is 0. The van der Waals surface area contributed by atoms with E-state index in [4.69, 9.17) is 5.73 Å². The number of rotatable bonds is 2. The second-order valence-electron chi connectivity index (χ2n) is 5.26. The second-order valence-corrected chi connectivity index (χ2v) is 5.26. The second kappa shape index (κ2) is 5.44. The van der Waals surface area contributed by atoms with E-state index < -0.39 is 0 Å². The van der Waals surface area contributed by atoms with E-state index in [0.29, 0.717) is 6.04 Å². The van der Waals surface area contributed by atoms with Crippen LogP contribution in [-0.2, 0) is 0 Å². The van der Waals surface area contributed by atoms with Crippen LogP contribution >= 0.6 is 0 Å². The molecule has 0 bridgehead atoms. The van der Waals surface area contributed by atoms with Crippen LogP contribution in [-0.4, -0.2) is 13.1 Å². The van der Waals surface area contributed by atoms with Gasteiger partial charge in [0.25, 0.3) is 0 Å². The van der Waals surface area contributed by atoms with Crippen molar-refractivity contribution in [3.8, 4) is 0 Å². The van der Waals surface area contributed by atoms with Crippen molar-refractivity contribution in [3.05, 3.63) is 23.8 Å². The molecular formula is C15H24N2. The maximum atomic E-state index is 6.19. The van der Waals surface area contributed by atoms with E-state index in [1.807, 2.05) is 0 Å². The molecule has 1 aromatic rings. The molecule has 2 N–H and O–H groups in total. The molecule has 0 heterocycles. The number of aryl methyl sites for hydroxylation is 1. The minimum Gasteiger partial charge on any atom is -0.397 e. The van der Waals surface area contributed by atoms with Crippen molar-refractivity contribution in [2.45, 2.75) is 51.5 Å². The summed E-state index contributed by atoms with van der Waals surface area (Å²) >= 11 is 0. The number of anilines is 2. The highest BCUT2D eigenvalue weighted by atomic mass is 15.1. The Kier molecular flexibility index (Phi) is 3.93. The lowest BCUT2D eigenvalue weighted by atomic mass is 10.1. The predicted molar refractivity (Wildman–Crippen MR) is 75.5 cm³/mol. The van der Waals surface area contributed by atoms with Crippen molar-refractivity contribution in [3.63, 3.8) is 0 Å². The highest BCUT2D eigenvalue weighted by Gasteiger charge is 2.18. The van der Waals surface area contributed by atoms with Crippen LogP contribution in [0.4, 0.5) is 11.4 Å². The molecule has 94 valence electrons. The van der Waals surface area contributed by atoms with E-state index in [-0.39, 0.29) is 0 Å². The Hall–Kier alpha value is -1.18. The molecule has 1 aliphatic rings. The van der Waals surface area contributed by atoms with Gasteiger partial charge in [-0.1, -0.05) is 37.8 Å². The lowest BCUT2D eigenvalue weighted by Crippen LogP contribution is -2.31. The monoisotopic (exact) mass is 232 g/mol. The number of para-hydroxylation sites is 1. The zero-order valence-corrected chi connectivity index (χ0v) is 11.1. The number of nitrogens with zero attached hydrogens (tertiary/aromatic N) is 1. The number of hydrogen-bond acceptors (Lipinski definition) is 2. The summed E-state index contributed by atoms with van der Waals surface area (Å²) in [5, 5.41) is 0. The Balaban J connectivity index is 2.17. The summed E-state index contributed by atoms with van der Waals surface area (Å²) in [6.07, 6.45) is 8.14. The van der Waals surface area contributed by atoms with Gasteiger partial charge in [0.05, 0.1) is 11.4 Å². The van der Waals surface area contributed by atoms with Crippen molar-refractivity contribution in [1.29, 1.82) is 0 Å². The van der Waals surface area contributed by atoms with Crippen molar-refractivity contribution in [2.75, 3.05) is 17.7 Å². The third-order valence-electron chi connectivity index (χ3n) is 4.05. The summed E-state index contributed by atoms with van der Waals surface area (Å²) in [4.78, 5) is 2.40. The van der Waals surface area contributed by atoms with Gasteiger partial charge in [0, 0.05) is 13.1 Å². The highest BCUT2D eigenvalue weighted by molar-refractivity contribution is 5.70. The summed E-state index contributed by atoms with van der Waals surface area (Å²) in [7, 11) is 2.20. The summed E-state index contributed by atoms with van der Waals surface area (Å²) in [6, 6.07) is 7.00. The Morgan fingerprint density at radius 2 is 1.76 bits per heavy atom. The first-order chi connectivity index (χ1) is 8.20. The van der Waals surface area contributed by atoms with Gasteiger partial charge in [-0.15, -0.1) is 0 Å². The van der Waals surface area contributed by atoms with Gasteiger partial charge in [0.1, 0.15) is 0 Å². The number of nitrogen functional groups attached to an aromatic ring is 1. The average molecular weight is 232 g/mol. The molecule has 0 amide bonds. The molecule has 1 aliphatic carbocycles. The van der Waals surface area contributed by atoms with Crippen molar-refractivity contribution in [2.24, 2.45) is 0 Å². The third kappa shape index (κ3) is 2.74. The topological polar surface area (TPSA) is 29.3 Å². The van der Waals surface area contributed by atoms with Gasteiger partial charge in [-0.05, 0) is 31.4 Å². The van der Waals surface area contributed by atoms with Crippen LogP contribution < -0.4 is 10.6 Å². The lowest BCUT2D eigenvalue weighted by molar-refractivity contribution is 0.553. The maximum absolute atomic E-state index is 6.19. The zero-order valence-electron chi connectivity index (χ0n) is 11.1. The van der Waals surface area contributed by atoms with Crippen LogP contribution in [0.5, 0.6) is 0 Å². The largest absolute Gasteiger partial charge is 0.397 e. The van der Waals surface area contributed by atoms with Crippen LogP contribution in [0.25, 0.3) is 0 Å². The van der Waals surface area contributed by atoms with Crippen molar-refractivity contribution >= 4 is 11.4 Å². The molecule has 2 heteroatoms. The van der Waals surface area contributed by atoms with Crippen molar-refractivity contribution < 1.29 is 0 Å². The van der Waals surface area contributed by atoms with E-state index in [2.05, 4.69) is 37.1 Å². The molecule has 0 aliphatic heterocycles. The average Bonchev–Trinajstić information content (AvgIpc) is 2.60. The van der Waals surface area contributed by atoms with Gasteiger partial charge in [-0.2, -0.15) is 0 Å². The molecule has 1 saturated carbocycles. The van der Waals surface area contributed by atoms with Gasteiger partial charge < -0.3 is 10.6 Å². The fraction of sp³-hybridized carbons (Fsp3) is 0.600. The van der Waals surface area contributed by atoms with E-state index in [0.717, 1.165) is 5.69 Å². The normalized spacial score (nSPS) is 17.8. The zero-order chi connectivity index (χ0) is 12.3. The van der Waals surface area contributed by atoms with Crippen LogP contribution in [0.1, 0.15) is 44.1 Å². The van der Waals surface area contributed by atoms with E-state index in [9.17, 15) is 0 Å². The molecule has 1 fully saturated rings. The number of hydrogen-bond donors (Lipinski definition) is 1. The van der Waals surface area contributed by atoms with Crippen LogP contribution in [0.15, 0.2) is 18.2 Å². The first kappa shape index (κ1) is 12.3. The smallest absolute Gasteiger partial charge is 0.0602 e. The van der Waals surface area contributed by atoms with E-state index in [1.54, 1.807) is 0 Å². The van der Waals surface area contributed by atoms with Gasteiger partial charge in [0.15, 0.2) is 0 Å². The van der Waals surface area contributed by atoms with Gasteiger partial charge in [0.2, 0.25) is 0 Å². The molecule has 1 aromatic carbocycles. The Morgan fingerprint density at radius 1 is 1.12 bits per heavy atom. The molecule has 0 spiro atoms. The molecule has 0 radical (unpaired) electrons. The molecule has 0 atom stereocenters. The minimum absolute atomic E-state index is 0.668. The molecule has 17 heavy (non-hydrogen) atoms. The molecular weight excluding hydrogens is 208 g/mol. The molecule has 0 unspecified atom stereocenters. The Morgan fingerprint density at radius 3 is 2.41 bits per heavy atom. The van der Waals surface area contributed by atoms with Gasteiger partial charge >= 0.3 is 0 Å². The predicted octanol–water partition coefficient (Wildman–Crippen LogP) is 3.74. The summed E-state index contributed by atoms with van der Waals surface area (Å²) in [5.41, 5.74) is 9.52. The minimum atomic E-state index is 0.668. The first-order valence-electron chi connectivity index (χ1n) is 6.78. The lowest BCUT2D eigenvalue weighted by Gasteiger charge is -2.30. The fourth-order valence-electron chi connectivity index (χ4n) is 2.81. The van der Waals surface area contributed by atoms with E-state index >= 15 is 0 Å². The number of benzene rings is 1. The molecule has 0 saturated heterocycles. The standard InChI is InChI=1S/C15H24N2/c1-12-8-7-11-14(15(12)16)17(2)13-9-5-3-4-6-10-13/h7-8,11,13H,3-6,9-10,16H2,1-2H3. The number of nitrogens with two attached hydrogens (primary N) is 1. The quantitative estimate of drug-likeness (QED) is 0.622. The van der Waals surface area contributed by atoms with Crippen LogP contribution in [0.2, 0.25) is 0 Å².